The summed E-state index contributed by atoms with van der Waals surface area (Å²) in [6.07, 6.45) is 1.50. The van der Waals surface area contributed by atoms with Gasteiger partial charge in [0.15, 0.2) is 0 Å². The Hall–Kier alpha value is -0.870. The molecule has 0 aliphatic rings. The number of thiophene rings is 1. The van der Waals surface area contributed by atoms with Gasteiger partial charge in [-0.2, -0.15) is 0 Å². The van der Waals surface area contributed by atoms with Crippen molar-refractivity contribution in [3.05, 3.63) is 22.4 Å². The zero-order valence-corrected chi connectivity index (χ0v) is 9.05. The summed E-state index contributed by atoms with van der Waals surface area (Å²) >= 11 is 1.68. The zero-order chi connectivity index (χ0) is 10.4. The van der Waals surface area contributed by atoms with Crippen LogP contribution in [0, 0.1) is 0 Å². The molecule has 1 aromatic heterocycles. The Kier molecular flexibility index (Phi) is 4.62. The highest BCUT2D eigenvalue weighted by molar-refractivity contribution is 7.09. The Balaban J connectivity index is 2.27. The Bertz CT molecular complexity index is 272. The van der Waals surface area contributed by atoms with Crippen LogP contribution >= 0.6 is 11.3 Å². The molecule has 0 aliphatic heterocycles. The second kappa shape index (κ2) is 5.78. The number of nitrogens with two attached hydrogens (primary N) is 1. The third kappa shape index (κ3) is 3.47. The van der Waals surface area contributed by atoms with Crippen LogP contribution in [0.3, 0.4) is 0 Å². The largest absolute Gasteiger partial charge is 0.465 e. The van der Waals surface area contributed by atoms with Gasteiger partial charge in [0.2, 0.25) is 0 Å². The van der Waals surface area contributed by atoms with Crippen molar-refractivity contribution in [2.45, 2.75) is 25.8 Å². The van der Waals surface area contributed by atoms with Crippen molar-refractivity contribution >= 4 is 17.3 Å². The third-order valence-corrected chi connectivity index (χ3v) is 2.81. The summed E-state index contributed by atoms with van der Waals surface area (Å²) in [4.78, 5) is 12.4. The maximum absolute atomic E-state index is 11.2. The van der Waals surface area contributed by atoms with E-state index in [2.05, 4.69) is 0 Å². The van der Waals surface area contributed by atoms with Crippen LogP contribution in [0.2, 0.25) is 0 Å². The van der Waals surface area contributed by atoms with Gasteiger partial charge in [-0.05, 0) is 31.2 Å². The number of aryl methyl sites for hydroxylation is 1. The molecule has 3 nitrogen and oxygen atoms in total. The summed E-state index contributed by atoms with van der Waals surface area (Å²) in [6.45, 7) is 2.18. The highest BCUT2D eigenvalue weighted by atomic mass is 32.1. The molecule has 2 N–H and O–H groups in total. The predicted octanol–water partition coefficient (Wildman–Crippen LogP) is 1.57. The second-order valence-corrected chi connectivity index (χ2v) is 4.01. The summed E-state index contributed by atoms with van der Waals surface area (Å²) in [5, 5.41) is 2.02. The quantitative estimate of drug-likeness (QED) is 0.755. The van der Waals surface area contributed by atoms with Gasteiger partial charge in [-0.15, -0.1) is 11.3 Å². The van der Waals surface area contributed by atoms with Gasteiger partial charge in [0.1, 0.15) is 6.04 Å². The molecule has 1 heterocycles. The number of hydrogen-bond donors (Lipinski definition) is 1. The average molecular weight is 213 g/mol. The van der Waals surface area contributed by atoms with Crippen molar-refractivity contribution in [2.24, 2.45) is 5.73 Å². The van der Waals surface area contributed by atoms with Gasteiger partial charge < -0.3 is 10.5 Å². The number of rotatable bonds is 5. The molecule has 0 radical (unpaired) electrons. The number of esters is 1. The van der Waals surface area contributed by atoms with Crippen LogP contribution in [-0.2, 0) is 16.0 Å². The molecular formula is C10H15NO2S. The molecule has 78 valence electrons. The van der Waals surface area contributed by atoms with Crippen LogP contribution in [0.4, 0.5) is 0 Å². The molecule has 0 bridgehead atoms. The van der Waals surface area contributed by atoms with E-state index in [0.717, 1.165) is 6.42 Å². The minimum absolute atomic E-state index is 0.302. The molecule has 0 fully saturated rings. The molecule has 0 amide bonds. The van der Waals surface area contributed by atoms with Crippen molar-refractivity contribution in [1.82, 2.24) is 0 Å². The fourth-order valence-electron chi connectivity index (χ4n) is 1.12. The molecule has 1 unspecified atom stereocenters. The van der Waals surface area contributed by atoms with Crippen LogP contribution in [0.5, 0.6) is 0 Å². The summed E-state index contributed by atoms with van der Waals surface area (Å²) in [5.41, 5.74) is 5.65. The van der Waals surface area contributed by atoms with Gasteiger partial charge in [0, 0.05) is 4.88 Å². The number of hydrogen-bond acceptors (Lipinski definition) is 4. The summed E-state index contributed by atoms with van der Waals surface area (Å²) in [6, 6.07) is 3.55. The first-order valence-corrected chi connectivity index (χ1v) is 5.56. The normalized spacial score (nSPS) is 12.4. The van der Waals surface area contributed by atoms with E-state index in [1.807, 2.05) is 17.5 Å². The number of carbonyl (C=O) groups is 1. The molecule has 0 aromatic carbocycles. The van der Waals surface area contributed by atoms with Crippen LogP contribution in [0.1, 0.15) is 18.2 Å². The fraction of sp³-hybridized carbons (Fsp3) is 0.500. The monoisotopic (exact) mass is 213 g/mol. The third-order valence-electron chi connectivity index (χ3n) is 1.87. The van der Waals surface area contributed by atoms with E-state index in [1.165, 1.54) is 4.88 Å². The van der Waals surface area contributed by atoms with Gasteiger partial charge in [-0.1, -0.05) is 6.07 Å². The first-order valence-electron chi connectivity index (χ1n) is 4.68. The van der Waals surface area contributed by atoms with Crippen molar-refractivity contribution in [1.29, 1.82) is 0 Å². The molecule has 1 aromatic rings. The van der Waals surface area contributed by atoms with E-state index in [4.69, 9.17) is 10.5 Å². The van der Waals surface area contributed by atoms with Crippen molar-refractivity contribution in [2.75, 3.05) is 6.61 Å². The van der Waals surface area contributed by atoms with Gasteiger partial charge >= 0.3 is 5.97 Å². The lowest BCUT2D eigenvalue weighted by Gasteiger charge is -2.09. The highest BCUT2D eigenvalue weighted by Gasteiger charge is 2.13. The highest BCUT2D eigenvalue weighted by Crippen LogP contribution is 2.11. The summed E-state index contributed by atoms with van der Waals surface area (Å²) in [7, 11) is 0. The van der Waals surface area contributed by atoms with E-state index in [1.54, 1.807) is 18.3 Å². The van der Waals surface area contributed by atoms with E-state index in [-0.39, 0.29) is 5.97 Å². The minimum Gasteiger partial charge on any atom is -0.465 e. The molecular weight excluding hydrogens is 198 g/mol. The standard InChI is InChI=1S/C10H15NO2S/c1-2-13-10(12)9(11)6-5-8-4-3-7-14-8/h3-4,7,9H,2,5-6,11H2,1H3. The number of carbonyl (C=O) groups excluding carboxylic acids is 1. The Morgan fingerprint density at radius 2 is 2.50 bits per heavy atom. The van der Waals surface area contributed by atoms with E-state index in [0.29, 0.717) is 13.0 Å². The molecule has 14 heavy (non-hydrogen) atoms. The minimum atomic E-state index is -0.489. The Labute approximate surface area is 87.9 Å². The maximum atomic E-state index is 11.2. The molecule has 0 aliphatic carbocycles. The van der Waals surface area contributed by atoms with Crippen LogP contribution in [0.15, 0.2) is 17.5 Å². The second-order valence-electron chi connectivity index (χ2n) is 2.98. The SMILES string of the molecule is CCOC(=O)C(N)CCc1cccs1. The smallest absolute Gasteiger partial charge is 0.322 e. The predicted molar refractivity (Wildman–Crippen MR) is 57.2 cm³/mol. The topological polar surface area (TPSA) is 52.3 Å². The molecule has 0 saturated heterocycles. The van der Waals surface area contributed by atoms with Gasteiger partial charge in [-0.25, -0.2) is 0 Å². The molecule has 0 spiro atoms. The van der Waals surface area contributed by atoms with E-state index in [9.17, 15) is 4.79 Å². The van der Waals surface area contributed by atoms with Crippen LogP contribution in [-0.4, -0.2) is 18.6 Å². The Morgan fingerprint density at radius 1 is 1.71 bits per heavy atom. The van der Waals surface area contributed by atoms with Gasteiger partial charge in [0.05, 0.1) is 6.61 Å². The first-order chi connectivity index (χ1) is 6.74. The zero-order valence-electron chi connectivity index (χ0n) is 8.23. The Morgan fingerprint density at radius 3 is 3.07 bits per heavy atom. The lowest BCUT2D eigenvalue weighted by molar-refractivity contribution is -0.144. The molecule has 4 heteroatoms. The maximum Gasteiger partial charge on any atom is 0.322 e. The van der Waals surface area contributed by atoms with Crippen molar-refractivity contribution < 1.29 is 9.53 Å². The van der Waals surface area contributed by atoms with Crippen LogP contribution in [0.25, 0.3) is 0 Å². The summed E-state index contributed by atoms with van der Waals surface area (Å²) < 4.78 is 4.81. The fourth-order valence-corrected chi connectivity index (χ4v) is 1.84. The lowest BCUT2D eigenvalue weighted by atomic mass is 10.1. The van der Waals surface area contributed by atoms with Crippen molar-refractivity contribution in [3.63, 3.8) is 0 Å². The van der Waals surface area contributed by atoms with E-state index < -0.39 is 6.04 Å². The van der Waals surface area contributed by atoms with Gasteiger partial charge in [-0.3, -0.25) is 4.79 Å². The number of ether oxygens (including phenoxy) is 1. The summed E-state index contributed by atoms with van der Waals surface area (Å²) in [5.74, 6) is -0.302. The molecule has 0 saturated carbocycles. The van der Waals surface area contributed by atoms with Crippen LogP contribution < -0.4 is 5.73 Å². The first kappa shape index (κ1) is 11.2. The molecule has 1 atom stereocenters. The lowest BCUT2D eigenvalue weighted by Crippen LogP contribution is -2.32. The average Bonchev–Trinajstić information content (AvgIpc) is 2.67. The van der Waals surface area contributed by atoms with E-state index >= 15 is 0 Å². The molecule has 1 rings (SSSR count). The van der Waals surface area contributed by atoms with Gasteiger partial charge in [0.25, 0.3) is 0 Å². The van der Waals surface area contributed by atoms with Crippen molar-refractivity contribution in [3.8, 4) is 0 Å².